The Hall–Kier alpha value is -0.520. The molecule has 0 spiro atoms. The van der Waals surface area contributed by atoms with Crippen molar-refractivity contribution in [3.05, 3.63) is 24.3 Å². The van der Waals surface area contributed by atoms with Gasteiger partial charge in [0.25, 0.3) is 0 Å². The van der Waals surface area contributed by atoms with Crippen molar-refractivity contribution in [2.24, 2.45) is 22.7 Å². The van der Waals surface area contributed by atoms with Gasteiger partial charge in [0.05, 0.1) is 0 Å². The summed E-state index contributed by atoms with van der Waals surface area (Å²) >= 11 is 0. The average Bonchev–Trinajstić information content (AvgIpc) is 2.16. The van der Waals surface area contributed by atoms with Crippen LogP contribution in [0.1, 0.15) is 47.0 Å². The Bertz CT molecular complexity index is 308. The average molecular weight is 204 g/mol. The Labute approximate surface area is 94.5 Å². The molecule has 2 aliphatic carbocycles. The maximum absolute atomic E-state index is 4.07. The fourth-order valence-electron chi connectivity index (χ4n) is 3.95. The summed E-state index contributed by atoms with van der Waals surface area (Å²) < 4.78 is 0. The van der Waals surface area contributed by atoms with E-state index in [1.165, 1.54) is 19.3 Å². The van der Waals surface area contributed by atoms with Crippen LogP contribution in [0.3, 0.4) is 0 Å². The number of fused-ring (bicyclic) bond motifs is 2. The lowest BCUT2D eigenvalue weighted by Crippen LogP contribution is -2.44. The van der Waals surface area contributed by atoms with Crippen molar-refractivity contribution in [3.8, 4) is 0 Å². The summed E-state index contributed by atoms with van der Waals surface area (Å²) in [6, 6.07) is 0. The van der Waals surface area contributed by atoms with Crippen LogP contribution in [0.15, 0.2) is 24.3 Å². The number of rotatable bonds is 1. The molecule has 2 bridgehead atoms. The molecule has 2 aliphatic rings. The van der Waals surface area contributed by atoms with Crippen LogP contribution in [-0.4, -0.2) is 0 Å². The molecule has 0 nitrogen and oxygen atoms in total. The highest BCUT2D eigenvalue weighted by molar-refractivity contribution is 5.21. The molecule has 0 aromatic heterocycles. The van der Waals surface area contributed by atoms with Gasteiger partial charge in [-0.05, 0) is 48.9 Å². The monoisotopic (exact) mass is 204 g/mol. The molecule has 0 aromatic rings. The van der Waals surface area contributed by atoms with Crippen molar-refractivity contribution in [2.45, 2.75) is 47.0 Å². The lowest BCUT2D eigenvalue weighted by atomic mass is 9.52. The van der Waals surface area contributed by atoms with Crippen LogP contribution in [0.25, 0.3) is 0 Å². The van der Waals surface area contributed by atoms with Crippen molar-refractivity contribution in [1.82, 2.24) is 0 Å². The van der Waals surface area contributed by atoms with E-state index in [4.69, 9.17) is 0 Å². The maximum atomic E-state index is 4.07. The second-order valence-corrected chi connectivity index (χ2v) is 6.44. The van der Waals surface area contributed by atoms with E-state index in [0.717, 1.165) is 11.8 Å². The highest BCUT2D eigenvalue weighted by Crippen LogP contribution is 2.57. The summed E-state index contributed by atoms with van der Waals surface area (Å²) in [7, 11) is 0. The van der Waals surface area contributed by atoms with Gasteiger partial charge in [-0.3, -0.25) is 0 Å². The Morgan fingerprint density at radius 3 is 2.67 bits per heavy atom. The quantitative estimate of drug-likeness (QED) is 0.548. The molecule has 0 amide bonds. The van der Waals surface area contributed by atoms with E-state index in [-0.39, 0.29) is 0 Å². The standard InChI is InChI=1S/C15H24/c1-6-15(5)8-7-12-9-13(15)14(3,4)10-11(12)2/h6,10,12-13H,1,7-9H2,2-5H3. The molecular weight excluding hydrogens is 180 g/mol. The smallest absolute Gasteiger partial charge is 0.0112 e. The molecule has 1 saturated carbocycles. The summed E-state index contributed by atoms with van der Waals surface area (Å²) in [5.74, 6) is 1.64. The van der Waals surface area contributed by atoms with E-state index in [1.807, 2.05) is 0 Å². The van der Waals surface area contributed by atoms with Gasteiger partial charge in [0, 0.05) is 0 Å². The van der Waals surface area contributed by atoms with Gasteiger partial charge in [0.2, 0.25) is 0 Å². The molecule has 15 heavy (non-hydrogen) atoms. The SMILES string of the molecule is C=CC1(C)CCC2CC1C(C)(C)C=C2C. The molecule has 3 atom stereocenters. The minimum Gasteiger partial charge on any atom is -0.103 e. The largest absolute Gasteiger partial charge is 0.103 e. The van der Waals surface area contributed by atoms with E-state index < -0.39 is 0 Å². The normalized spacial score (nSPS) is 43.3. The molecule has 84 valence electrons. The molecule has 0 saturated heterocycles. The maximum Gasteiger partial charge on any atom is -0.0112 e. The molecule has 1 fully saturated rings. The first-order valence-corrected chi connectivity index (χ1v) is 6.22. The minimum atomic E-state index is 0.351. The van der Waals surface area contributed by atoms with E-state index in [9.17, 15) is 0 Å². The van der Waals surface area contributed by atoms with Gasteiger partial charge in [-0.1, -0.05) is 38.5 Å². The second kappa shape index (κ2) is 3.23. The summed E-state index contributed by atoms with van der Waals surface area (Å²) in [6.07, 6.45) is 8.78. The summed E-state index contributed by atoms with van der Waals surface area (Å²) in [5.41, 5.74) is 2.34. The predicted octanol–water partition coefficient (Wildman–Crippen LogP) is 4.58. The van der Waals surface area contributed by atoms with Crippen LogP contribution in [0.2, 0.25) is 0 Å². The second-order valence-electron chi connectivity index (χ2n) is 6.44. The lowest BCUT2D eigenvalue weighted by molar-refractivity contribution is 0.0471. The van der Waals surface area contributed by atoms with Gasteiger partial charge in [-0.2, -0.15) is 0 Å². The molecule has 3 unspecified atom stereocenters. The van der Waals surface area contributed by atoms with Gasteiger partial charge in [0.1, 0.15) is 0 Å². The van der Waals surface area contributed by atoms with E-state index >= 15 is 0 Å². The van der Waals surface area contributed by atoms with E-state index in [2.05, 4.69) is 46.4 Å². The first-order chi connectivity index (χ1) is 6.89. The van der Waals surface area contributed by atoms with Crippen LogP contribution in [0.5, 0.6) is 0 Å². The van der Waals surface area contributed by atoms with Gasteiger partial charge in [-0.15, -0.1) is 6.58 Å². The Balaban J connectivity index is 2.42. The van der Waals surface area contributed by atoms with Gasteiger partial charge >= 0.3 is 0 Å². The van der Waals surface area contributed by atoms with Crippen LogP contribution < -0.4 is 0 Å². The van der Waals surface area contributed by atoms with Gasteiger partial charge < -0.3 is 0 Å². The molecule has 0 radical (unpaired) electrons. The molecule has 0 N–H and O–H groups in total. The molecule has 0 aliphatic heterocycles. The first-order valence-electron chi connectivity index (χ1n) is 6.22. The summed E-state index contributed by atoms with van der Waals surface area (Å²) in [6.45, 7) is 13.6. The fourth-order valence-corrected chi connectivity index (χ4v) is 3.95. The van der Waals surface area contributed by atoms with E-state index in [1.54, 1.807) is 5.57 Å². The summed E-state index contributed by atoms with van der Waals surface area (Å²) in [5, 5.41) is 0. The van der Waals surface area contributed by atoms with Crippen molar-refractivity contribution in [3.63, 3.8) is 0 Å². The number of hydrogen-bond acceptors (Lipinski definition) is 0. The first kappa shape index (κ1) is 11.0. The third kappa shape index (κ3) is 1.58. The van der Waals surface area contributed by atoms with Crippen molar-refractivity contribution < 1.29 is 0 Å². The number of hydrogen-bond donors (Lipinski definition) is 0. The van der Waals surface area contributed by atoms with Crippen molar-refractivity contribution in [1.29, 1.82) is 0 Å². The third-order valence-electron chi connectivity index (χ3n) is 4.96. The Morgan fingerprint density at radius 1 is 1.40 bits per heavy atom. The van der Waals surface area contributed by atoms with Crippen LogP contribution in [0.4, 0.5) is 0 Å². The predicted molar refractivity (Wildman–Crippen MR) is 66.7 cm³/mol. The highest BCUT2D eigenvalue weighted by atomic mass is 14.5. The topological polar surface area (TPSA) is 0 Å². The van der Waals surface area contributed by atoms with E-state index in [0.29, 0.717) is 10.8 Å². The van der Waals surface area contributed by atoms with Crippen LogP contribution in [-0.2, 0) is 0 Å². The molecule has 0 heterocycles. The Kier molecular flexibility index (Phi) is 2.37. The molecule has 2 rings (SSSR count). The Morgan fingerprint density at radius 2 is 2.07 bits per heavy atom. The minimum absolute atomic E-state index is 0.351. The molecule has 0 aromatic carbocycles. The van der Waals surface area contributed by atoms with Gasteiger partial charge in [0.15, 0.2) is 0 Å². The van der Waals surface area contributed by atoms with Crippen LogP contribution in [0, 0.1) is 22.7 Å². The van der Waals surface area contributed by atoms with Crippen molar-refractivity contribution in [2.75, 3.05) is 0 Å². The highest BCUT2D eigenvalue weighted by Gasteiger charge is 2.47. The third-order valence-corrected chi connectivity index (χ3v) is 4.96. The number of allylic oxidation sites excluding steroid dienone is 3. The zero-order chi connectivity index (χ0) is 11.3. The molecule has 0 heteroatoms. The zero-order valence-corrected chi connectivity index (χ0v) is 10.6. The van der Waals surface area contributed by atoms with Gasteiger partial charge in [-0.25, -0.2) is 0 Å². The fraction of sp³-hybridized carbons (Fsp3) is 0.733. The molecular formula is C15H24. The van der Waals surface area contributed by atoms with Crippen LogP contribution >= 0.6 is 0 Å². The van der Waals surface area contributed by atoms with Crippen molar-refractivity contribution >= 4 is 0 Å². The zero-order valence-electron chi connectivity index (χ0n) is 10.6. The lowest BCUT2D eigenvalue weighted by Gasteiger charge is -2.53. The summed E-state index contributed by atoms with van der Waals surface area (Å²) in [4.78, 5) is 0.